The lowest BCUT2D eigenvalue weighted by Crippen LogP contribution is -2.30. The number of para-hydroxylation sites is 1. The van der Waals surface area contributed by atoms with Gasteiger partial charge in [0.2, 0.25) is 0 Å². The van der Waals surface area contributed by atoms with E-state index < -0.39 is 12.1 Å². The molecule has 2 aromatic rings. The molecule has 1 aromatic carbocycles. The molecule has 0 unspecified atom stereocenters. The Kier molecular flexibility index (Phi) is 5.79. The number of benzene rings is 1. The van der Waals surface area contributed by atoms with Gasteiger partial charge in [0.25, 0.3) is 5.91 Å². The van der Waals surface area contributed by atoms with Crippen molar-refractivity contribution in [3.63, 3.8) is 0 Å². The van der Waals surface area contributed by atoms with E-state index in [0.29, 0.717) is 11.6 Å². The van der Waals surface area contributed by atoms with Gasteiger partial charge in [0.05, 0.1) is 0 Å². The number of anilines is 1. The molecule has 0 spiro atoms. The molecule has 0 aliphatic rings. The van der Waals surface area contributed by atoms with Gasteiger partial charge in [-0.15, -0.1) is 0 Å². The van der Waals surface area contributed by atoms with Crippen LogP contribution in [0.3, 0.4) is 0 Å². The summed E-state index contributed by atoms with van der Waals surface area (Å²) >= 11 is 0. The molecule has 1 aromatic heterocycles. The fraction of sp³-hybridized carbons (Fsp3) is 0.368. The number of hydrogen-bond acceptors (Lipinski definition) is 3. The molecule has 2 atom stereocenters. The lowest BCUT2D eigenvalue weighted by atomic mass is 9.97. The summed E-state index contributed by atoms with van der Waals surface area (Å²) in [5.41, 5.74) is 2.25. The second kappa shape index (κ2) is 7.81. The fourth-order valence-electron chi connectivity index (χ4n) is 2.44. The number of nitrogens with zero attached hydrogens (tertiary/aromatic N) is 1. The first-order valence-corrected chi connectivity index (χ1v) is 8.16. The van der Waals surface area contributed by atoms with Gasteiger partial charge in [0, 0.05) is 18.9 Å². The Balaban J connectivity index is 2.05. The summed E-state index contributed by atoms with van der Waals surface area (Å²) in [6, 6.07) is 11.1. The fourth-order valence-corrected chi connectivity index (χ4v) is 2.44. The van der Waals surface area contributed by atoms with Gasteiger partial charge in [-0.2, -0.15) is 0 Å². The van der Waals surface area contributed by atoms with E-state index in [1.54, 1.807) is 36.9 Å². The maximum Gasteiger partial charge on any atom is 0.355 e. The van der Waals surface area contributed by atoms with E-state index in [0.717, 1.165) is 17.7 Å². The smallest absolute Gasteiger partial charge is 0.355 e. The third kappa shape index (κ3) is 4.04. The first-order chi connectivity index (χ1) is 11.4. The molecular weight excluding hydrogens is 304 g/mol. The van der Waals surface area contributed by atoms with Gasteiger partial charge in [-0.3, -0.25) is 4.79 Å². The third-order valence-corrected chi connectivity index (χ3v) is 4.17. The van der Waals surface area contributed by atoms with Crippen LogP contribution in [0.5, 0.6) is 0 Å². The van der Waals surface area contributed by atoms with Crippen LogP contribution in [0.1, 0.15) is 49.2 Å². The molecule has 0 saturated carbocycles. The lowest BCUT2D eigenvalue weighted by molar-refractivity contribution is -0.123. The number of esters is 1. The Morgan fingerprint density at radius 2 is 1.88 bits per heavy atom. The molecule has 128 valence electrons. The van der Waals surface area contributed by atoms with Crippen molar-refractivity contribution < 1.29 is 14.3 Å². The van der Waals surface area contributed by atoms with E-state index in [2.05, 4.69) is 19.2 Å². The Hall–Kier alpha value is -2.56. The van der Waals surface area contributed by atoms with Crippen LogP contribution in [0.25, 0.3) is 0 Å². The average molecular weight is 328 g/mol. The average Bonchev–Trinajstić information content (AvgIpc) is 3.00. The van der Waals surface area contributed by atoms with Crippen molar-refractivity contribution in [1.82, 2.24) is 4.57 Å². The summed E-state index contributed by atoms with van der Waals surface area (Å²) in [4.78, 5) is 24.5. The number of amides is 1. The molecule has 24 heavy (non-hydrogen) atoms. The molecule has 5 nitrogen and oxygen atoms in total. The Labute approximate surface area is 142 Å². The molecule has 0 bridgehead atoms. The van der Waals surface area contributed by atoms with Crippen LogP contribution < -0.4 is 5.32 Å². The number of aromatic nitrogens is 1. The van der Waals surface area contributed by atoms with Gasteiger partial charge >= 0.3 is 5.97 Å². The van der Waals surface area contributed by atoms with Crippen molar-refractivity contribution in [3.05, 3.63) is 53.9 Å². The van der Waals surface area contributed by atoms with Crippen LogP contribution in [-0.2, 0) is 16.6 Å². The minimum Gasteiger partial charge on any atom is -0.448 e. The van der Waals surface area contributed by atoms with Crippen LogP contribution >= 0.6 is 0 Å². The number of nitrogens with one attached hydrogen (secondary N) is 1. The minimum absolute atomic E-state index is 0.336. The van der Waals surface area contributed by atoms with E-state index in [1.165, 1.54) is 0 Å². The van der Waals surface area contributed by atoms with Gasteiger partial charge in [-0.05, 0) is 43.0 Å². The van der Waals surface area contributed by atoms with Crippen molar-refractivity contribution in [3.8, 4) is 0 Å². The highest BCUT2D eigenvalue weighted by Crippen LogP contribution is 2.26. The maximum atomic E-state index is 12.4. The summed E-state index contributed by atoms with van der Waals surface area (Å²) in [7, 11) is 1.75. The highest BCUT2D eigenvalue weighted by atomic mass is 16.5. The van der Waals surface area contributed by atoms with Crippen LogP contribution in [0.15, 0.2) is 42.6 Å². The number of ether oxygens (including phenoxy) is 1. The topological polar surface area (TPSA) is 60.3 Å². The van der Waals surface area contributed by atoms with Gasteiger partial charge in [-0.1, -0.05) is 32.0 Å². The largest absolute Gasteiger partial charge is 0.448 e. The van der Waals surface area contributed by atoms with Gasteiger partial charge < -0.3 is 14.6 Å². The predicted octanol–water partition coefficient (Wildman–Crippen LogP) is 3.72. The first-order valence-electron chi connectivity index (χ1n) is 8.16. The van der Waals surface area contributed by atoms with Gasteiger partial charge in [0.15, 0.2) is 6.10 Å². The van der Waals surface area contributed by atoms with Gasteiger partial charge in [0.1, 0.15) is 5.69 Å². The third-order valence-electron chi connectivity index (χ3n) is 4.17. The van der Waals surface area contributed by atoms with Crippen LogP contribution in [0.2, 0.25) is 0 Å². The van der Waals surface area contributed by atoms with E-state index in [9.17, 15) is 9.59 Å². The van der Waals surface area contributed by atoms with Crippen molar-refractivity contribution in [2.75, 3.05) is 5.32 Å². The number of carbonyl (C=O) groups excluding carboxylic acids is 2. The van der Waals surface area contributed by atoms with Crippen molar-refractivity contribution >= 4 is 17.6 Å². The van der Waals surface area contributed by atoms with Crippen molar-refractivity contribution in [2.24, 2.45) is 7.05 Å². The maximum absolute atomic E-state index is 12.4. The van der Waals surface area contributed by atoms with Crippen LogP contribution in [-0.4, -0.2) is 22.5 Å². The van der Waals surface area contributed by atoms with E-state index in [1.807, 2.05) is 24.3 Å². The molecule has 0 aliphatic heterocycles. The standard InChI is InChI=1S/C19H24N2O3/c1-5-13(2)15-9-6-7-10-16(15)20-18(22)14(3)24-19(23)17-11-8-12-21(17)4/h6-14H,5H2,1-4H3,(H,20,22)/t13-,14+/m1/s1. The first kappa shape index (κ1) is 17.8. The predicted molar refractivity (Wildman–Crippen MR) is 94.1 cm³/mol. The summed E-state index contributed by atoms with van der Waals surface area (Å²) in [5, 5.41) is 2.87. The van der Waals surface area contributed by atoms with Gasteiger partial charge in [-0.25, -0.2) is 4.79 Å². The Bertz CT molecular complexity index is 721. The monoisotopic (exact) mass is 328 g/mol. The minimum atomic E-state index is -0.877. The Morgan fingerprint density at radius 3 is 2.50 bits per heavy atom. The lowest BCUT2D eigenvalue weighted by Gasteiger charge is -2.18. The molecule has 1 heterocycles. The molecule has 0 fully saturated rings. The molecule has 2 rings (SSSR count). The van der Waals surface area contributed by atoms with Crippen molar-refractivity contribution in [1.29, 1.82) is 0 Å². The second-order valence-electron chi connectivity index (χ2n) is 5.94. The highest BCUT2D eigenvalue weighted by Gasteiger charge is 2.21. The summed E-state index contributed by atoms with van der Waals surface area (Å²) in [6.07, 6.45) is 1.85. The molecular formula is C19H24N2O3. The van der Waals surface area contributed by atoms with E-state index in [4.69, 9.17) is 4.74 Å². The molecule has 1 N–H and O–H groups in total. The zero-order valence-corrected chi connectivity index (χ0v) is 14.6. The van der Waals surface area contributed by atoms with Crippen LogP contribution in [0, 0.1) is 0 Å². The molecule has 0 radical (unpaired) electrons. The number of rotatable bonds is 6. The number of carbonyl (C=O) groups is 2. The molecule has 5 heteroatoms. The zero-order chi connectivity index (χ0) is 17.7. The zero-order valence-electron chi connectivity index (χ0n) is 14.6. The molecule has 0 saturated heterocycles. The summed E-state index contributed by atoms with van der Waals surface area (Å²) in [6.45, 7) is 5.79. The normalized spacial score (nSPS) is 13.2. The quantitative estimate of drug-likeness (QED) is 0.822. The summed E-state index contributed by atoms with van der Waals surface area (Å²) < 4.78 is 6.92. The highest BCUT2D eigenvalue weighted by molar-refractivity contribution is 5.97. The van der Waals surface area contributed by atoms with Crippen LogP contribution in [0.4, 0.5) is 5.69 Å². The SMILES string of the molecule is CC[C@@H](C)c1ccccc1NC(=O)[C@H](C)OC(=O)c1cccn1C. The second-order valence-corrected chi connectivity index (χ2v) is 5.94. The summed E-state index contributed by atoms with van der Waals surface area (Å²) in [5.74, 6) is -0.517. The van der Waals surface area contributed by atoms with E-state index >= 15 is 0 Å². The number of aryl methyl sites for hydroxylation is 1. The van der Waals surface area contributed by atoms with E-state index in [-0.39, 0.29) is 5.91 Å². The molecule has 1 amide bonds. The number of hydrogen-bond donors (Lipinski definition) is 1. The Morgan fingerprint density at radius 1 is 1.17 bits per heavy atom. The molecule has 0 aliphatic carbocycles. The van der Waals surface area contributed by atoms with Crippen molar-refractivity contribution in [2.45, 2.75) is 39.2 Å².